The summed E-state index contributed by atoms with van der Waals surface area (Å²) >= 11 is 0. The molecule has 5 nitrogen and oxygen atoms in total. The highest BCUT2D eigenvalue weighted by Crippen LogP contribution is 2.39. The number of aromatic nitrogens is 2. The van der Waals surface area contributed by atoms with Crippen molar-refractivity contribution in [3.63, 3.8) is 0 Å². The second-order valence-electron chi connectivity index (χ2n) is 7.17. The minimum Gasteiger partial charge on any atom is -0.355 e. The van der Waals surface area contributed by atoms with Gasteiger partial charge in [0.15, 0.2) is 5.65 Å². The van der Waals surface area contributed by atoms with E-state index >= 15 is 0 Å². The van der Waals surface area contributed by atoms with E-state index in [0.717, 1.165) is 65.4 Å². The number of para-hydroxylation sites is 2. The van der Waals surface area contributed by atoms with Gasteiger partial charge in [-0.1, -0.05) is 42.5 Å². The van der Waals surface area contributed by atoms with Crippen LogP contribution in [0.2, 0.25) is 0 Å². The third-order valence-corrected chi connectivity index (χ3v) is 5.56. The number of fused-ring (bicyclic) bond motifs is 3. The molecule has 0 radical (unpaired) electrons. The lowest BCUT2D eigenvalue weighted by molar-refractivity contribution is 0.584. The molecular weight excluding hydrogens is 346 g/mol. The van der Waals surface area contributed by atoms with Gasteiger partial charge in [-0.2, -0.15) is 5.26 Å². The molecule has 2 aromatic heterocycles. The van der Waals surface area contributed by atoms with E-state index in [4.69, 9.17) is 4.98 Å². The maximum atomic E-state index is 9.99. The van der Waals surface area contributed by atoms with Gasteiger partial charge in [0.1, 0.15) is 11.9 Å². The second kappa shape index (κ2) is 6.66. The molecule has 2 aromatic carbocycles. The number of nitrogens with zero attached hydrogens (tertiary/aromatic N) is 4. The summed E-state index contributed by atoms with van der Waals surface area (Å²) in [7, 11) is 0. The van der Waals surface area contributed by atoms with Crippen LogP contribution in [0.4, 0.5) is 5.82 Å². The average Bonchev–Trinajstić information content (AvgIpc) is 3.13. The zero-order valence-electron chi connectivity index (χ0n) is 15.8. The van der Waals surface area contributed by atoms with E-state index in [1.807, 2.05) is 31.2 Å². The van der Waals surface area contributed by atoms with E-state index < -0.39 is 0 Å². The molecule has 0 atom stereocenters. The van der Waals surface area contributed by atoms with Crippen LogP contribution in [-0.4, -0.2) is 35.6 Å². The van der Waals surface area contributed by atoms with Crippen LogP contribution >= 0.6 is 0 Å². The quantitative estimate of drug-likeness (QED) is 0.586. The summed E-state index contributed by atoms with van der Waals surface area (Å²) in [4.78, 5) is 7.26. The van der Waals surface area contributed by atoms with E-state index in [9.17, 15) is 5.26 Å². The standard InChI is InChI=1S/C23H21N5/c1-16-18(15-24)22-26-19-9-5-6-10-20(19)28(22)23(27-13-11-25-12-14-27)21(16)17-7-3-2-4-8-17/h2-10,25H,11-14H2,1H3. The minimum absolute atomic E-state index is 0.647. The van der Waals surface area contributed by atoms with Gasteiger partial charge < -0.3 is 10.2 Å². The highest BCUT2D eigenvalue weighted by Gasteiger charge is 2.25. The lowest BCUT2D eigenvalue weighted by Crippen LogP contribution is -2.44. The molecule has 0 aliphatic carbocycles. The second-order valence-corrected chi connectivity index (χ2v) is 7.17. The smallest absolute Gasteiger partial charge is 0.157 e. The number of benzene rings is 2. The van der Waals surface area contributed by atoms with Crippen LogP contribution in [0.1, 0.15) is 11.1 Å². The first-order valence-electron chi connectivity index (χ1n) is 9.64. The molecule has 1 saturated heterocycles. The largest absolute Gasteiger partial charge is 0.355 e. The van der Waals surface area contributed by atoms with E-state index in [0.29, 0.717) is 5.56 Å². The number of imidazole rings is 1. The number of pyridine rings is 1. The Balaban J connectivity index is 1.98. The predicted octanol–water partition coefficient (Wildman–Crippen LogP) is 3.74. The van der Waals surface area contributed by atoms with E-state index in [2.05, 4.69) is 51.0 Å². The number of hydrogen-bond acceptors (Lipinski definition) is 4. The molecule has 0 spiro atoms. The minimum atomic E-state index is 0.647. The molecule has 0 amide bonds. The first-order valence-corrected chi connectivity index (χ1v) is 9.64. The van der Waals surface area contributed by atoms with Crippen LogP contribution in [-0.2, 0) is 0 Å². The number of rotatable bonds is 2. The Bertz CT molecular complexity index is 1210. The maximum Gasteiger partial charge on any atom is 0.157 e. The van der Waals surface area contributed by atoms with Crippen molar-refractivity contribution in [1.29, 1.82) is 5.26 Å². The van der Waals surface area contributed by atoms with Gasteiger partial charge in [-0.05, 0) is 30.2 Å². The number of anilines is 1. The molecule has 1 aliphatic heterocycles. The lowest BCUT2D eigenvalue weighted by Gasteiger charge is -2.33. The molecule has 0 saturated carbocycles. The van der Waals surface area contributed by atoms with Gasteiger partial charge in [-0.3, -0.25) is 4.40 Å². The highest BCUT2D eigenvalue weighted by molar-refractivity contribution is 5.92. The van der Waals surface area contributed by atoms with Crippen molar-refractivity contribution in [3.8, 4) is 17.2 Å². The van der Waals surface area contributed by atoms with Crippen LogP contribution in [0.5, 0.6) is 0 Å². The molecule has 28 heavy (non-hydrogen) atoms. The Morgan fingerprint density at radius 1 is 1.00 bits per heavy atom. The van der Waals surface area contributed by atoms with E-state index in [1.54, 1.807) is 0 Å². The van der Waals surface area contributed by atoms with Gasteiger partial charge in [-0.25, -0.2) is 4.98 Å². The molecule has 5 rings (SSSR count). The normalized spacial score (nSPS) is 14.5. The SMILES string of the molecule is Cc1c(-c2ccccc2)c(N2CCNCC2)n2c(nc3ccccc32)c1C#N. The molecule has 0 unspecified atom stereocenters. The van der Waals surface area contributed by atoms with Crippen LogP contribution in [0.15, 0.2) is 54.6 Å². The first-order chi connectivity index (χ1) is 13.8. The van der Waals surface area contributed by atoms with Crippen molar-refractivity contribution in [2.45, 2.75) is 6.92 Å². The van der Waals surface area contributed by atoms with Crippen molar-refractivity contribution in [2.24, 2.45) is 0 Å². The Labute approximate surface area is 163 Å². The number of piperazine rings is 1. The van der Waals surface area contributed by atoms with Crippen molar-refractivity contribution < 1.29 is 0 Å². The Morgan fingerprint density at radius 2 is 1.71 bits per heavy atom. The van der Waals surface area contributed by atoms with Crippen LogP contribution in [0, 0.1) is 18.3 Å². The fourth-order valence-corrected chi connectivity index (χ4v) is 4.24. The maximum absolute atomic E-state index is 9.99. The van der Waals surface area contributed by atoms with Crippen LogP contribution in [0.3, 0.4) is 0 Å². The van der Waals surface area contributed by atoms with E-state index in [-0.39, 0.29) is 0 Å². The molecule has 138 valence electrons. The van der Waals surface area contributed by atoms with Crippen molar-refractivity contribution in [2.75, 3.05) is 31.1 Å². The number of hydrogen-bond donors (Lipinski definition) is 1. The summed E-state index contributed by atoms with van der Waals surface area (Å²) in [6, 6.07) is 20.9. The van der Waals surface area contributed by atoms with Crippen molar-refractivity contribution >= 4 is 22.5 Å². The Hall–Kier alpha value is -3.36. The van der Waals surface area contributed by atoms with Crippen molar-refractivity contribution in [3.05, 3.63) is 65.7 Å². The summed E-state index contributed by atoms with van der Waals surface area (Å²) in [5, 5.41) is 13.4. The fraction of sp³-hybridized carbons (Fsp3) is 0.217. The topological polar surface area (TPSA) is 56.4 Å². The van der Waals surface area contributed by atoms with E-state index in [1.165, 1.54) is 0 Å². The summed E-state index contributed by atoms with van der Waals surface area (Å²) in [6.45, 7) is 5.79. The Kier molecular flexibility index (Phi) is 4.00. The molecule has 4 aromatic rings. The molecule has 3 heterocycles. The molecular formula is C23H21N5. The highest BCUT2D eigenvalue weighted by atomic mass is 15.3. The predicted molar refractivity (Wildman–Crippen MR) is 113 cm³/mol. The zero-order valence-corrected chi connectivity index (χ0v) is 15.8. The monoisotopic (exact) mass is 367 g/mol. The number of nitriles is 1. The van der Waals surface area contributed by atoms with Crippen molar-refractivity contribution in [1.82, 2.24) is 14.7 Å². The molecule has 0 bridgehead atoms. The van der Waals surface area contributed by atoms with Gasteiger partial charge in [0.25, 0.3) is 0 Å². The summed E-state index contributed by atoms with van der Waals surface area (Å²) in [6.07, 6.45) is 0. The molecule has 1 N–H and O–H groups in total. The van der Waals surface area contributed by atoms with Crippen LogP contribution in [0.25, 0.3) is 27.8 Å². The third kappa shape index (κ3) is 2.46. The van der Waals surface area contributed by atoms with Gasteiger partial charge in [0.05, 0.1) is 16.6 Å². The third-order valence-electron chi connectivity index (χ3n) is 5.56. The first kappa shape index (κ1) is 16.8. The van der Waals surface area contributed by atoms with Gasteiger partial charge >= 0.3 is 0 Å². The molecule has 1 aliphatic rings. The molecule has 5 heteroatoms. The number of nitrogens with one attached hydrogen (secondary N) is 1. The molecule has 1 fully saturated rings. The summed E-state index contributed by atoms with van der Waals surface area (Å²) in [5.41, 5.74) is 6.59. The van der Waals surface area contributed by atoms with Gasteiger partial charge in [0, 0.05) is 31.7 Å². The lowest BCUT2D eigenvalue weighted by atomic mass is 9.97. The summed E-state index contributed by atoms with van der Waals surface area (Å²) < 4.78 is 2.19. The Morgan fingerprint density at radius 3 is 2.46 bits per heavy atom. The average molecular weight is 367 g/mol. The van der Waals surface area contributed by atoms with Gasteiger partial charge in [-0.15, -0.1) is 0 Å². The van der Waals surface area contributed by atoms with Gasteiger partial charge in [0.2, 0.25) is 0 Å². The zero-order chi connectivity index (χ0) is 19.1. The van der Waals surface area contributed by atoms with Crippen LogP contribution < -0.4 is 10.2 Å². The fourth-order valence-electron chi connectivity index (χ4n) is 4.24. The summed E-state index contributed by atoms with van der Waals surface area (Å²) in [5.74, 6) is 1.13.